The van der Waals surface area contributed by atoms with Crippen LogP contribution < -0.4 is 10.6 Å². The van der Waals surface area contributed by atoms with E-state index in [-0.39, 0.29) is 0 Å². The molecule has 0 aliphatic heterocycles. The van der Waals surface area contributed by atoms with E-state index in [1.165, 1.54) is 0 Å². The molecule has 0 spiro atoms. The maximum atomic E-state index is 6.00. The first kappa shape index (κ1) is 12.0. The Hall–Kier alpha value is -1.03. The van der Waals surface area contributed by atoms with Crippen LogP contribution in [0.3, 0.4) is 0 Å². The second-order valence-electron chi connectivity index (χ2n) is 3.32. The predicted octanol–water partition coefficient (Wildman–Crippen LogP) is 2.69. The van der Waals surface area contributed by atoms with Gasteiger partial charge in [0.2, 0.25) is 0 Å². The van der Waals surface area contributed by atoms with Gasteiger partial charge in [-0.3, -0.25) is 4.84 Å². The van der Waals surface area contributed by atoms with Crippen molar-refractivity contribution in [2.45, 2.75) is 13.5 Å². The summed E-state index contributed by atoms with van der Waals surface area (Å²) < 4.78 is 5.43. The normalized spacial score (nSPS) is 10.1. The molecule has 0 fully saturated rings. The van der Waals surface area contributed by atoms with Crippen molar-refractivity contribution in [3.8, 4) is 5.75 Å². The van der Waals surface area contributed by atoms with Crippen LogP contribution in [0.15, 0.2) is 30.4 Å². The van der Waals surface area contributed by atoms with Crippen LogP contribution in [-0.4, -0.2) is 6.61 Å². The second-order valence-corrected chi connectivity index (χ2v) is 3.73. The minimum absolute atomic E-state index is 0.334. The lowest BCUT2D eigenvalue weighted by molar-refractivity contribution is 0.124. The van der Waals surface area contributed by atoms with E-state index in [1.54, 1.807) is 12.1 Å². The Kier molecular flexibility index (Phi) is 4.62. The minimum atomic E-state index is 0.334. The van der Waals surface area contributed by atoms with Crippen molar-refractivity contribution in [2.75, 3.05) is 6.61 Å². The molecule has 0 radical (unpaired) electrons. The van der Waals surface area contributed by atoms with Gasteiger partial charge in [-0.2, -0.15) is 0 Å². The number of hydrogen-bond acceptors (Lipinski definition) is 3. The summed E-state index contributed by atoms with van der Waals surface area (Å²) in [4.78, 5) is 4.51. The Bertz CT molecular complexity index is 352. The first-order valence-corrected chi connectivity index (χ1v) is 4.88. The van der Waals surface area contributed by atoms with Crippen LogP contribution in [0, 0.1) is 0 Å². The molecule has 0 atom stereocenters. The molecule has 0 aliphatic rings. The SMILES string of the molecule is C=C(C)COc1ccc(CON)cc1Cl. The highest BCUT2D eigenvalue weighted by atomic mass is 35.5. The van der Waals surface area contributed by atoms with Crippen molar-refractivity contribution in [1.29, 1.82) is 0 Å². The molecular formula is C11H14ClNO2. The topological polar surface area (TPSA) is 44.5 Å². The van der Waals surface area contributed by atoms with Crippen LogP contribution in [0.2, 0.25) is 5.02 Å². The van der Waals surface area contributed by atoms with Crippen LogP contribution in [0.5, 0.6) is 5.75 Å². The van der Waals surface area contributed by atoms with Gasteiger partial charge < -0.3 is 4.74 Å². The van der Waals surface area contributed by atoms with Crippen LogP contribution in [0.25, 0.3) is 0 Å². The zero-order chi connectivity index (χ0) is 11.3. The van der Waals surface area contributed by atoms with Gasteiger partial charge in [-0.15, -0.1) is 0 Å². The van der Waals surface area contributed by atoms with E-state index in [4.69, 9.17) is 22.2 Å². The number of hydrogen-bond donors (Lipinski definition) is 1. The summed E-state index contributed by atoms with van der Waals surface area (Å²) in [6.45, 7) is 6.43. The van der Waals surface area contributed by atoms with Crippen LogP contribution in [0.1, 0.15) is 12.5 Å². The standard InChI is InChI=1S/C11H14ClNO2/c1-8(2)6-14-11-4-3-9(7-15-13)5-10(11)12/h3-5H,1,6-7,13H2,2H3. The highest BCUT2D eigenvalue weighted by molar-refractivity contribution is 6.32. The van der Waals surface area contributed by atoms with Gasteiger partial charge in [-0.1, -0.05) is 24.2 Å². The lowest BCUT2D eigenvalue weighted by Crippen LogP contribution is -2.01. The zero-order valence-corrected chi connectivity index (χ0v) is 9.38. The maximum absolute atomic E-state index is 6.00. The molecule has 3 nitrogen and oxygen atoms in total. The molecule has 4 heteroatoms. The van der Waals surface area contributed by atoms with Crippen LogP contribution in [-0.2, 0) is 11.4 Å². The van der Waals surface area contributed by atoms with Crippen molar-refractivity contribution in [1.82, 2.24) is 0 Å². The average Bonchev–Trinajstić information content (AvgIpc) is 2.17. The minimum Gasteiger partial charge on any atom is -0.488 e. The lowest BCUT2D eigenvalue weighted by Gasteiger charge is -2.08. The summed E-state index contributed by atoms with van der Waals surface area (Å²) in [6, 6.07) is 5.41. The number of rotatable bonds is 5. The summed E-state index contributed by atoms with van der Waals surface area (Å²) in [5, 5.41) is 0.547. The summed E-state index contributed by atoms with van der Waals surface area (Å²) in [7, 11) is 0. The molecule has 0 unspecified atom stereocenters. The number of halogens is 1. The zero-order valence-electron chi connectivity index (χ0n) is 8.63. The molecule has 1 aromatic rings. The third-order valence-corrected chi connectivity index (χ3v) is 2.02. The molecule has 0 aromatic heterocycles. The van der Waals surface area contributed by atoms with Gasteiger partial charge in [0, 0.05) is 0 Å². The lowest BCUT2D eigenvalue weighted by atomic mass is 10.2. The van der Waals surface area contributed by atoms with E-state index in [2.05, 4.69) is 11.4 Å². The quantitative estimate of drug-likeness (QED) is 0.621. The van der Waals surface area contributed by atoms with E-state index in [0.717, 1.165) is 11.1 Å². The highest BCUT2D eigenvalue weighted by Crippen LogP contribution is 2.25. The number of benzene rings is 1. The predicted molar refractivity (Wildman–Crippen MR) is 60.7 cm³/mol. The number of nitrogens with two attached hydrogens (primary N) is 1. The molecule has 0 saturated carbocycles. The average molecular weight is 228 g/mol. The van der Waals surface area contributed by atoms with Crippen molar-refractivity contribution in [2.24, 2.45) is 5.90 Å². The van der Waals surface area contributed by atoms with Gasteiger partial charge in [-0.25, -0.2) is 5.90 Å². The van der Waals surface area contributed by atoms with Gasteiger partial charge in [0.05, 0.1) is 11.6 Å². The van der Waals surface area contributed by atoms with E-state index >= 15 is 0 Å². The molecule has 0 aliphatic carbocycles. The molecule has 1 aromatic carbocycles. The smallest absolute Gasteiger partial charge is 0.138 e. The Morgan fingerprint density at radius 2 is 2.27 bits per heavy atom. The summed E-state index contributed by atoms with van der Waals surface area (Å²) in [5.74, 6) is 5.60. The fraction of sp³-hybridized carbons (Fsp3) is 0.273. The molecule has 0 bridgehead atoms. The van der Waals surface area contributed by atoms with Gasteiger partial charge >= 0.3 is 0 Å². The van der Waals surface area contributed by atoms with Gasteiger partial charge in [0.25, 0.3) is 0 Å². The molecule has 0 heterocycles. The Morgan fingerprint density at radius 1 is 1.53 bits per heavy atom. The maximum Gasteiger partial charge on any atom is 0.138 e. The van der Waals surface area contributed by atoms with Crippen molar-refractivity contribution in [3.05, 3.63) is 40.9 Å². The Labute approximate surface area is 94.4 Å². The van der Waals surface area contributed by atoms with E-state index < -0.39 is 0 Å². The molecular weight excluding hydrogens is 214 g/mol. The van der Waals surface area contributed by atoms with Crippen LogP contribution >= 0.6 is 11.6 Å². The van der Waals surface area contributed by atoms with Crippen molar-refractivity contribution in [3.63, 3.8) is 0 Å². The third-order valence-electron chi connectivity index (χ3n) is 1.72. The van der Waals surface area contributed by atoms with E-state index in [1.807, 2.05) is 13.0 Å². The van der Waals surface area contributed by atoms with Crippen molar-refractivity contribution < 1.29 is 9.57 Å². The Morgan fingerprint density at radius 3 is 2.80 bits per heavy atom. The highest BCUT2D eigenvalue weighted by Gasteiger charge is 2.03. The fourth-order valence-corrected chi connectivity index (χ4v) is 1.31. The summed E-state index contributed by atoms with van der Waals surface area (Å²) in [5.41, 5.74) is 1.85. The summed E-state index contributed by atoms with van der Waals surface area (Å²) in [6.07, 6.45) is 0. The van der Waals surface area contributed by atoms with Gasteiger partial charge in [-0.05, 0) is 30.2 Å². The van der Waals surface area contributed by atoms with E-state index in [9.17, 15) is 0 Å². The van der Waals surface area contributed by atoms with Crippen molar-refractivity contribution >= 4 is 11.6 Å². The third kappa shape index (κ3) is 3.91. The molecule has 15 heavy (non-hydrogen) atoms. The fourth-order valence-electron chi connectivity index (χ4n) is 1.05. The molecule has 1 rings (SSSR count). The molecule has 0 amide bonds. The molecule has 82 valence electrons. The second kappa shape index (κ2) is 5.75. The largest absolute Gasteiger partial charge is 0.488 e. The first-order chi connectivity index (χ1) is 7.13. The van der Waals surface area contributed by atoms with E-state index in [0.29, 0.717) is 24.0 Å². The van der Waals surface area contributed by atoms with Gasteiger partial charge in [0.1, 0.15) is 12.4 Å². The van der Waals surface area contributed by atoms with Gasteiger partial charge in [0.15, 0.2) is 0 Å². The number of ether oxygens (including phenoxy) is 1. The van der Waals surface area contributed by atoms with Crippen LogP contribution in [0.4, 0.5) is 0 Å². The molecule has 2 N–H and O–H groups in total. The Balaban J connectivity index is 2.70. The summed E-state index contributed by atoms with van der Waals surface area (Å²) >= 11 is 6.00. The first-order valence-electron chi connectivity index (χ1n) is 4.50. The molecule has 0 saturated heterocycles. The monoisotopic (exact) mass is 227 g/mol.